The first-order chi connectivity index (χ1) is 8.70. The predicted molar refractivity (Wildman–Crippen MR) is 70.2 cm³/mol. The number of anilines is 1. The van der Waals surface area contributed by atoms with E-state index in [1.54, 1.807) is 6.92 Å². The topological polar surface area (TPSA) is 47.3 Å². The minimum Gasteiger partial charge on any atom is -0.370 e. The third-order valence-corrected chi connectivity index (χ3v) is 3.28. The maximum Gasteiger partial charge on any atom is 0.219 e. The molecular weight excluding hydrogens is 226 g/mol. The standard InChI is InChI=1S/C14H17N3O/c1-12(18)16-6-3-7-17(9-8-16)14-5-2-4-13(10-14)11-15/h2,4-5,10H,3,6-9H2,1H3. The van der Waals surface area contributed by atoms with E-state index in [1.165, 1.54) is 0 Å². The second-order valence-electron chi connectivity index (χ2n) is 4.51. The van der Waals surface area contributed by atoms with E-state index in [9.17, 15) is 4.79 Å². The summed E-state index contributed by atoms with van der Waals surface area (Å²) in [5.41, 5.74) is 1.75. The fraction of sp³-hybridized carbons (Fsp3) is 0.429. The fourth-order valence-electron chi connectivity index (χ4n) is 2.26. The molecule has 1 fully saturated rings. The number of nitrogens with zero attached hydrogens (tertiary/aromatic N) is 3. The monoisotopic (exact) mass is 243 g/mol. The largest absolute Gasteiger partial charge is 0.370 e. The average Bonchev–Trinajstić information content (AvgIpc) is 2.64. The second kappa shape index (κ2) is 5.54. The highest BCUT2D eigenvalue weighted by Crippen LogP contribution is 2.17. The van der Waals surface area contributed by atoms with Crippen LogP contribution in [0.2, 0.25) is 0 Å². The van der Waals surface area contributed by atoms with Gasteiger partial charge < -0.3 is 9.80 Å². The Kier molecular flexibility index (Phi) is 3.83. The Bertz CT molecular complexity index is 478. The van der Waals surface area contributed by atoms with Gasteiger partial charge in [-0.15, -0.1) is 0 Å². The zero-order valence-corrected chi connectivity index (χ0v) is 10.6. The molecule has 1 aromatic rings. The molecule has 94 valence electrons. The molecule has 1 aliphatic heterocycles. The van der Waals surface area contributed by atoms with Gasteiger partial charge in [0.2, 0.25) is 5.91 Å². The minimum atomic E-state index is 0.141. The SMILES string of the molecule is CC(=O)N1CCCN(c2cccc(C#N)c2)CC1. The van der Waals surface area contributed by atoms with E-state index in [1.807, 2.05) is 29.2 Å². The van der Waals surface area contributed by atoms with Gasteiger partial charge in [-0.25, -0.2) is 0 Å². The quantitative estimate of drug-likeness (QED) is 0.753. The Balaban J connectivity index is 2.10. The normalized spacial score (nSPS) is 16.0. The van der Waals surface area contributed by atoms with Gasteiger partial charge in [0.25, 0.3) is 0 Å². The number of nitriles is 1. The molecule has 0 unspecified atom stereocenters. The van der Waals surface area contributed by atoms with Crippen LogP contribution in [-0.4, -0.2) is 37.0 Å². The zero-order valence-electron chi connectivity index (χ0n) is 10.6. The minimum absolute atomic E-state index is 0.141. The van der Waals surface area contributed by atoms with Crippen molar-refractivity contribution in [3.8, 4) is 6.07 Å². The maximum atomic E-state index is 11.4. The molecule has 1 saturated heterocycles. The second-order valence-corrected chi connectivity index (χ2v) is 4.51. The van der Waals surface area contributed by atoms with Crippen LogP contribution >= 0.6 is 0 Å². The summed E-state index contributed by atoms with van der Waals surface area (Å²) in [6.07, 6.45) is 0.969. The molecule has 1 aliphatic rings. The van der Waals surface area contributed by atoms with E-state index in [2.05, 4.69) is 11.0 Å². The first-order valence-electron chi connectivity index (χ1n) is 6.21. The Hall–Kier alpha value is -2.02. The third-order valence-electron chi connectivity index (χ3n) is 3.28. The summed E-state index contributed by atoms with van der Waals surface area (Å²) < 4.78 is 0. The average molecular weight is 243 g/mol. The van der Waals surface area contributed by atoms with Gasteiger partial charge in [-0.1, -0.05) is 6.07 Å². The van der Waals surface area contributed by atoms with Crippen LogP contribution in [0.25, 0.3) is 0 Å². The molecule has 0 N–H and O–H groups in total. The van der Waals surface area contributed by atoms with E-state index in [0.717, 1.165) is 38.3 Å². The highest BCUT2D eigenvalue weighted by atomic mass is 16.2. The van der Waals surface area contributed by atoms with Gasteiger partial charge in [0, 0.05) is 38.8 Å². The van der Waals surface area contributed by atoms with Crippen LogP contribution in [0.4, 0.5) is 5.69 Å². The molecule has 4 heteroatoms. The van der Waals surface area contributed by atoms with Crippen molar-refractivity contribution >= 4 is 11.6 Å². The number of amides is 1. The fourth-order valence-corrected chi connectivity index (χ4v) is 2.26. The van der Waals surface area contributed by atoms with Gasteiger partial charge in [-0.05, 0) is 24.6 Å². The molecule has 1 aromatic carbocycles. The van der Waals surface area contributed by atoms with Crippen molar-refractivity contribution < 1.29 is 4.79 Å². The van der Waals surface area contributed by atoms with Crippen LogP contribution in [0.3, 0.4) is 0 Å². The highest BCUT2D eigenvalue weighted by Gasteiger charge is 2.16. The molecule has 0 spiro atoms. The van der Waals surface area contributed by atoms with E-state index < -0.39 is 0 Å². The predicted octanol–water partition coefficient (Wildman–Crippen LogP) is 1.62. The molecule has 0 aliphatic carbocycles. The Morgan fingerprint density at radius 3 is 2.83 bits per heavy atom. The molecule has 0 aromatic heterocycles. The van der Waals surface area contributed by atoms with Gasteiger partial charge in [0.15, 0.2) is 0 Å². The van der Waals surface area contributed by atoms with Crippen molar-refractivity contribution in [1.82, 2.24) is 4.90 Å². The summed E-state index contributed by atoms with van der Waals surface area (Å²) in [5, 5.41) is 8.91. The van der Waals surface area contributed by atoms with Gasteiger partial charge in [-0.3, -0.25) is 4.79 Å². The summed E-state index contributed by atoms with van der Waals surface area (Å²) in [4.78, 5) is 15.5. The molecule has 18 heavy (non-hydrogen) atoms. The Labute approximate surface area is 107 Å². The highest BCUT2D eigenvalue weighted by molar-refractivity contribution is 5.73. The van der Waals surface area contributed by atoms with Crippen LogP contribution in [0.15, 0.2) is 24.3 Å². The molecule has 1 heterocycles. The molecule has 0 atom stereocenters. The zero-order chi connectivity index (χ0) is 13.0. The van der Waals surface area contributed by atoms with Gasteiger partial charge in [0.1, 0.15) is 0 Å². The van der Waals surface area contributed by atoms with Crippen molar-refractivity contribution in [2.24, 2.45) is 0 Å². The third kappa shape index (κ3) is 2.80. The van der Waals surface area contributed by atoms with Crippen molar-refractivity contribution in [2.75, 3.05) is 31.1 Å². The van der Waals surface area contributed by atoms with Crippen molar-refractivity contribution in [1.29, 1.82) is 5.26 Å². The van der Waals surface area contributed by atoms with Crippen LogP contribution in [0, 0.1) is 11.3 Å². The maximum absolute atomic E-state index is 11.4. The molecule has 4 nitrogen and oxygen atoms in total. The van der Waals surface area contributed by atoms with E-state index in [4.69, 9.17) is 5.26 Å². The summed E-state index contributed by atoms with van der Waals surface area (Å²) in [7, 11) is 0. The van der Waals surface area contributed by atoms with Gasteiger partial charge in [0.05, 0.1) is 11.6 Å². The van der Waals surface area contributed by atoms with E-state index in [0.29, 0.717) is 5.56 Å². The van der Waals surface area contributed by atoms with Crippen molar-refractivity contribution in [3.63, 3.8) is 0 Å². The van der Waals surface area contributed by atoms with Gasteiger partial charge >= 0.3 is 0 Å². The summed E-state index contributed by atoms with van der Waals surface area (Å²) in [5.74, 6) is 0.141. The lowest BCUT2D eigenvalue weighted by molar-refractivity contribution is -0.128. The molecule has 0 radical (unpaired) electrons. The molecule has 0 saturated carbocycles. The molecule has 0 bridgehead atoms. The van der Waals surface area contributed by atoms with Crippen LogP contribution < -0.4 is 4.90 Å². The Morgan fingerprint density at radius 2 is 2.11 bits per heavy atom. The number of carbonyl (C=O) groups is 1. The van der Waals surface area contributed by atoms with Gasteiger partial charge in [-0.2, -0.15) is 5.26 Å². The summed E-state index contributed by atoms with van der Waals surface area (Å²) in [6.45, 7) is 4.95. The smallest absolute Gasteiger partial charge is 0.219 e. The van der Waals surface area contributed by atoms with E-state index in [-0.39, 0.29) is 5.91 Å². The number of rotatable bonds is 1. The van der Waals surface area contributed by atoms with Crippen molar-refractivity contribution in [2.45, 2.75) is 13.3 Å². The molecule has 2 rings (SSSR count). The first kappa shape index (κ1) is 12.4. The first-order valence-corrected chi connectivity index (χ1v) is 6.21. The lowest BCUT2D eigenvalue weighted by Gasteiger charge is -2.23. The van der Waals surface area contributed by atoms with Crippen LogP contribution in [0.5, 0.6) is 0 Å². The molecule has 1 amide bonds. The number of carbonyl (C=O) groups excluding carboxylic acids is 1. The molecular formula is C14H17N3O. The Morgan fingerprint density at radius 1 is 1.28 bits per heavy atom. The summed E-state index contributed by atoms with van der Waals surface area (Å²) in [6, 6.07) is 9.80. The number of hydrogen-bond acceptors (Lipinski definition) is 3. The van der Waals surface area contributed by atoms with Crippen molar-refractivity contribution in [3.05, 3.63) is 29.8 Å². The van der Waals surface area contributed by atoms with Crippen LogP contribution in [-0.2, 0) is 4.79 Å². The lowest BCUT2D eigenvalue weighted by atomic mass is 10.2. The van der Waals surface area contributed by atoms with Crippen LogP contribution in [0.1, 0.15) is 18.9 Å². The number of hydrogen-bond donors (Lipinski definition) is 0. The lowest BCUT2D eigenvalue weighted by Crippen LogP contribution is -2.33. The van der Waals surface area contributed by atoms with E-state index >= 15 is 0 Å². The summed E-state index contributed by atoms with van der Waals surface area (Å²) >= 11 is 0. The number of benzene rings is 1.